The average molecular weight is 306 g/mol. The molecule has 1 aromatic heterocycles. The topological polar surface area (TPSA) is 48.3 Å². The predicted octanol–water partition coefficient (Wildman–Crippen LogP) is 3.23. The summed E-state index contributed by atoms with van der Waals surface area (Å²) >= 11 is 5.44. The molecule has 2 aromatic rings. The van der Waals surface area contributed by atoms with E-state index in [9.17, 15) is 9.59 Å². The van der Waals surface area contributed by atoms with E-state index in [1.165, 1.54) is 10.6 Å². The van der Waals surface area contributed by atoms with Crippen LogP contribution >= 0.6 is 11.6 Å². The molecule has 2 rings (SSSR count). The van der Waals surface area contributed by atoms with Crippen molar-refractivity contribution in [3.63, 3.8) is 0 Å². The summed E-state index contributed by atoms with van der Waals surface area (Å²) in [6.45, 7) is 4.24. The molecule has 0 spiro atoms. The van der Waals surface area contributed by atoms with Crippen LogP contribution < -0.4 is 10.3 Å². The number of hydrogen-bond acceptors (Lipinski definition) is 3. The fourth-order valence-corrected chi connectivity index (χ4v) is 2.44. The van der Waals surface area contributed by atoms with Crippen LogP contribution in [0.25, 0.3) is 11.3 Å². The first-order chi connectivity index (χ1) is 9.99. The van der Waals surface area contributed by atoms with Crippen LogP contribution in [-0.4, -0.2) is 16.9 Å². The number of methoxy groups -OCH3 is 1. The lowest BCUT2D eigenvalue weighted by Gasteiger charge is -2.15. The first kappa shape index (κ1) is 15.3. The number of hydrogen-bond donors (Lipinski definition) is 0. The molecule has 0 radical (unpaired) electrons. The minimum atomic E-state index is -0.745. The van der Waals surface area contributed by atoms with Gasteiger partial charge in [-0.15, -0.1) is 0 Å². The van der Waals surface area contributed by atoms with E-state index in [1.54, 1.807) is 13.2 Å². The van der Waals surface area contributed by atoms with Gasteiger partial charge in [-0.2, -0.15) is 0 Å². The zero-order valence-corrected chi connectivity index (χ0v) is 12.9. The lowest BCUT2D eigenvalue weighted by atomic mass is 10.1. The van der Waals surface area contributed by atoms with Crippen molar-refractivity contribution < 1.29 is 9.53 Å². The largest absolute Gasteiger partial charge is 0.496 e. The Morgan fingerprint density at radius 1 is 1.29 bits per heavy atom. The van der Waals surface area contributed by atoms with E-state index >= 15 is 0 Å². The van der Waals surface area contributed by atoms with Gasteiger partial charge >= 0.3 is 0 Å². The van der Waals surface area contributed by atoms with Crippen molar-refractivity contribution in [2.24, 2.45) is 0 Å². The van der Waals surface area contributed by atoms with Gasteiger partial charge in [0, 0.05) is 12.1 Å². The zero-order valence-electron chi connectivity index (χ0n) is 12.1. The molecule has 0 N–H and O–H groups in total. The Bertz CT molecular complexity index is 750. The second-order valence-corrected chi connectivity index (χ2v) is 5.00. The van der Waals surface area contributed by atoms with Gasteiger partial charge in [0.05, 0.1) is 18.4 Å². The van der Waals surface area contributed by atoms with Gasteiger partial charge < -0.3 is 9.30 Å². The van der Waals surface area contributed by atoms with Gasteiger partial charge in [0.2, 0.25) is 0 Å². The number of aromatic nitrogens is 1. The zero-order chi connectivity index (χ0) is 15.6. The Morgan fingerprint density at radius 3 is 2.57 bits per heavy atom. The molecule has 0 unspecified atom stereocenters. The number of nitrogens with zero attached hydrogens (tertiary/aromatic N) is 1. The highest BCUT2D eigenvalue weighted by atomic mass is 35.5. The quantitative estimate of drug-likeness (QED) is 0.815. The van der Waals surface area contributed by atoms with Crippen molar-refractivity contribution in [2.75, 3.05) is 7.11 Å². The minimum absolute atomic E-state index is 0.0195. The van der Waals surface area contributed by atoms with Crippen molar-refractivity contribution in [1.82, 2.24) is 4.57 Å². The Labute approximate surface area is 127 Å². The fourth-order valence-electron chi connectivity index (χ4n) is 2.30. The number of aryl methyl sites for hydroxylation is 1. The summed E-state index contributed by atoms with van der Waals surface area (Å²) in [6, 6.07) is 8.92. The Balaban J connectivity index is 2.76. The number of rotatable bonds is 4. The van der Waals surface area contributed by atoms with Crippen LogP contribution in [0, 0.1) is 6.92 Å². The van der Waals surface area contributed by atoms with E-state index < -0.39 is 10.8 Å². The van der Waals surface area contributed by atoms with Gasteiger partial charge in [-0.1, -0.05) is 11.6 Å². The molecule has 1 heterocycles. The molecule has 21 heavy (non-hydrogen) atoms. The first-order valence-electron chi connectivity index (χ1n) is 6.58. The number of pyridine rings is 1. The van der Waals surface area contributed by atoms with Gasteiger partial charge in [-0.3, -0.25) is 9.59 Å². The first-order valence-corrected chi connectivity index (χ1v) is 6.96. The summed E-state index contributed by atoms with van der Waals surface area (Å²) in [5.74, 6) is 0.673. The van der Waals surface area contributed by atoms with Crippen molar-refractivity contribution >= 4 is 16.8 Å². The maximum atomic E-state index is 12.3. The molecular formula is C16H16ClNO3. The summed E-state index contributed by atoms with van der Waals surface area (Å²) in [6.07, 6.45) is 0. The Hall–Kier alpha value is -2.07. The molecule has 1 aromatic carbocycles. The maximum absolute atomic E-state index is 12.3. The molecule has 5 heteroatoms. The van der Waals surface area contributed by atoms with Crippen LogP contribution in [0.1, 0.15) is 22.8 Å². The molecule has 0 aliphatic rings. The molecule has 110 valence electrons. The number of carbonyl (C=O) groups excluding carboxylic acids is 1. The SMILES string of the molecule is CCn1c(-c2cc(C)ccc2OC)ccc(C(=O)Cl)c1=O. The third-order valence-electron chi connectivity index (χ3n) is 3.33. The van der Waals surface area contributed by atoms with Crippen molar-refractivity contribution in [1.29, 1.82) is 0 Å². The minimum Gasteiger partial charge on any atom is -0.496 e. The van der Waals surface area contributed by atoms with Crippen molar-refractivity contribution in [3.05, 3.63) is 51.8 Å². The van der Waals surface area contributed by atoms with Gasteiger partial charge in [-0.05, 0) is 49.7 Å². The molecule has 0 aliphatic heterocycles. The molecule has 0 atom stereocenters. The molecular weight excluding hydrogens is 290 g/mol. The third-order valence-corrected chi connectivity index (χ3v) is 3.54. The van der Waals surface area contributed by atoms with E-state index in [4.69, 9.17) is 16.3 Å². The highest BCUT2D eigenvalue weighted by Crippen LogP contribution is 2.30. The third kappa shape index (κ3) is 2.85. The second kappa shape index (κ2) is 6.14. The smallest absolute Gasteiger partial charge is 0.263 e. The lowest BCUT2D eigenvalue weighted by molar-refractivity contribution is 0.107. The maximum Gasteiger partial charge on any atom is 0.263 e. The van der Waals surface area contributed by atoms with Crippen LogP contribution in [0.4, 0.5) is 0 Å². The highest BCUT2D eigenvalue weighted by Gasteiger charge is 2.16. The predicted molar refractivity (Wildman–Crippen MR) is 83.3 cm³/mol. The van der Waals surface area contributed by atoms with Gasteiger partial charge in [0.25, 0.3) is 10.8 Å². The van der Waals surface area contributed by atoms with E-state index in [-0.39, 0.29) is 5.56 Å². The van der Waals surface area contributed by atoms with Crippen LogP contribution in [-0.2, 0) is 6.54 Å². The van der Waals surface area contributed by atoms with E-state index in [0.717, 1.165) is 11.1 Å². The molecule has 0 amide bonds. The van der Waals surface area contributed by atoms with Crippen LogP contribution in [0.3, 0.4) is 0 Å². The van der Waals surface area contributed by atoms with Crippen LogP contribution in [0.15, 0.2) is 35.1 Å². The Kier molecular flexibility index (Phi) is 4.48. The fraction of sp³-hybridized carbons (Fsp3) is 0.250. The van der Waals surface area contributed by atoms with E-state index in [2.05, 4.69) is 0 Å². The summed E-state index contributed by atoms with van der Waals surface area (Å²) in [4.78, 5) is 23.6. The van der Waals surface area contributed by atoms with Crippen molar-refractivity contribution in [3.8, 4) is 17.0 Å². The van der Waals surface area contributed by atoms with Crippen LogP contribution in [0.5, 0.6) is 5.75 Å². The molecule has 0 saturated carbocycles. The standard InChI is InChI=1S/C16H16ClNO3/c1-4-18-13(7-6-11(15(17)19)16(18)20)12-9-10(2)5-8-14(12)21-3/h5-9H,4H2,1-3H3. The monoisotopic (exact) mass is 305 g/mol. The van der Waals surface area contributed by atoms with E-state index in [0.29, 0.717) is 18.0 Å². The number of ether oxygens (including phenoxy) is 1. The molecule has 0 saturated heterocycles. The molecule has 4 nitrogen and oxygen atoms in total. The molecule has 0 bridgehead atoms. The number of benzene rings is 1. The van der Waals surface area contributed by atoms with Gasteiger partial charge in [0.1, 0.15) is 5.75 Å². The number of halogens is 1. The van der Waals surface area contributed by atoms with Crippen LogP contribution in [0.2, 0.25) is 0 Å². The summed E-state index contributed by atoms with van der Waals surface area (Å²) in [5, 5.41) is -0.745. The molecule has 0 aliphatic carbocycles. The second-order valence-electron chi connectivity index (χ2n) is 4.66. The number of carbonyl (C=O) groups is 1. The summed E-state index contributed by atoms with van der Waals surface area (Å²) in [5.41, 5.74) is 2.15. The molecule has 0 fully saturated rings. The van der Waals surface area contributed by atoms with Crippen molar-refractivity contribution in [2.45, 2.75) is 20.4 Å². The van der Waals surface area contributed by atoms with Gasteiger partial charge in [0.15, 0.2) is 0 Å². The summed E-state index contributed by atoms with van der Waals surface area (Å²) in [7, 11) is 1.58. The van der Waals surface area contributed by atoms with E-state index in [1.807, 2.05) is 32.0 Å². The Morgan fingerprint density at radius 2 is 2.00 bits per heavy atom. The highest BCUT2D eigenvalue weighted by molar-refractivity contribution is 6.67. The summed E-state index contributed by atoms with van der Waals surface area (Å²) < 4.78 is 6.88. The lowest BCUT2D eigenvalue weighted by Crippen LogP contribution is -2.25. The normalized spacial score (nSPS) is 10.5. The van der Waals surface area contributed by atoms with Gasteiger partial charge in [-0.25, -0.2) is 0 Å². The average Bonchev–Trinajstić information content (AvgIpc) is 2.46.